The van der Waals surface area contributed by atoms with Crippen LogP contribution < -0.4 is 16.0 Å². The summed E-state index contributed by atoms with van der Waals surface area (Å²) in [6.45, 7) is 6.81. The topological polar surface area (TPSA) is 70.2 Å². The SMILES string of the molecule is CNC(=O)CNC(C)C(=O)NCCC(C)C. The van der Waals surface area contributed by atoms with E-state index in [9.17, 15) is 9.59 Å². The summed E-state index contributed by atoms with van der Waals surface area (Å²) in [5.74, 6) is 0.390. The number of nitrogens with one attached hydrogen (secondary N) is 3. The maximum Gasteiger partial charge on any atom is 0.236 e. The van der Waals surface area contributed by atoms with Gasteiger partial charge in [0.2, 0.25) is 11.8 Å². The smallest absolute Gasteiger partial charge is 0.236 e. The first-order valence-corrected chi connectivity index (χ1v) is 5.69. The van der Waals surface area contributed by atoms with Crippen molar-refractivity contribution in [2.75, 3.05) is 20.1 Å². The molecule has 0 aromatic heterocycles. The molecular formula is C11H23N3O2. The van der Waals surface area contributed by atoms with Crippen molar-refractivity contribution in [3.05, 3.63) is 0 Å². The van der Waals surface area contributed by atoms with Crippen molar-refractivity contribution < 1.29 is 9.59 Å². The molecule has 1 unspecified atom stereocenters. The van der Waals surface area contributed by atoms with Crippen LogP contribution in [0.5, 0.6) is 0 Å². The molecule has 5 heteroatoms. The molecule has 0 aromatic rings. The van der Waals surface area contributed by atoms with Crippen molar-refractivity contribution >= 4 is 11.8 Å². The van der Waals surface area contributed by atoms with Crippen LogP contribution in [0.3, 0.4) is 0 Å². The second-order valence-electron chi connectivity index (χ2n) is 4.25. The molecule has 0 fully saturated rings. The molecule has 0 saturated heterocycles. The first-order valence-electron chi connectivity index (χ1n) is 5.69. The number of rotatable bonds is 7. The van der Waals surface area contributed by atoms with Gasteiger partial charge in [0.05, 0.1) is 12.6 Å². The van der Waals surface area contributed by atoms with Crippen LogP contribution in [0.1, 0.15) is 27.2 Å². The fraction of sp³-hybridized carbons (Fsp3) is 0.818. The minimum Gasteiger partial charge on any atom is -0.358 e. The third kappa shape index (κ3) is 7.23. The van der Waals surface area contributed by atoms with Crippen LogP contribution in [0, 0.1) is 5.92 Å². The molecule has 2 amide bonds. The highest BCUT2D eigenvalue weighted by molar-refractivity contribution is 5.83. The fourth-order valence-electron chi connectivity index (χ4n) is 1.06. The number of carbonyl (C=O) groups excluding carboxylic acids is 2. The third-order valence-corrected chi connectivity index (χ3v) is 2.26. The zero-order valence-electron chi connectivity index (χ0n) is 10.6. The molecule has 0 spiro atoms. The van der Waals surface area contributed by atoms with E-state index in [0.29, 0.717) is 12.5 Å². The van der Waals surface area contributed by atoms with Crippen molar-refractivity contribution in [1.82, 2.24) is 16.0 Å². The van der Waals surface area contributed by atoms with E-state index < -0.39 is 0 Å². The van der Waals surface area contributed by atoms with E-state index in [-0.39, 0.29) is 24.4 Å². The van der Waals surface area contributed by atoms with Gasteiger partial charge in [-0.2, -0.15) is 0 Å². The third-order valence-electron chi connectivity index (χ3n) is 2.26. The van der Waals surface area contributed by atoms with E-state index in [0.717, 1.165) is 6.42 Å². The van der Waals surface area contributed by atoms with Gasteiger partial charge in [0.1, 0.15) is 0 Å². The van der Waals surface area contributed by atoms with Gasteiger partial charge in [0.25, 0.3) is 0 Å². The van der Waals surface area contributed by atoms with E-state index in [1.165, 1.54) is 0 Å². The Bertz CT molecular complexity index is 229. The molecule has 0 radical (unpaired) electrons. The number of likely N-dealkylation sites (N-methyl/N-ethyl adjacent to an activating group) is 1. The van der Waals surface area contributed by atoms with Crippen molar-refractivity contribution in [3.8, 4) is 0 Å². The lowest BCUT2D eigenvalue weighted by molar-refractivity contribution is -0.123. The van der Waals surface area contributed by atoms with Crippen molar-refractivity contribution in [2.45, 2.75) is 33.2 Å². The predicted molar refractivity (Wildman–Crippen MR) is 64.0 cm³/mol. The molecule has 0 aliphatic rings. The Labute approximate surface area is 97.4 Å². The Morgan fingerprint density at radius 2 is 1.81 bits per heavy atom. The fourth-order valence-corrected chi connectivity index (χ4v) is 1.06. The summed E-state index contributed by atoms with van der Waals surface area (Å²) < 4.78 is 0. The summed E-state index contributed by atoms with van der Waals surface area (Å²) in [6.07, 6.45) is 0.966. The zero-order valence-corrected chi connectivity index (χ0v) is 10.6. The molecule has 0 bridgehead atoms. The van der Waals surface area contributed by atoms with E-state index >= 15 is 0 Å². The minimum atomic E-state index is -0.343. The van der Waals surface area contributed by atoms with Crippen LogP contribution >= 0.6 is 0 Å². The molecular weight excluding hydrogens is 206 g/mol. The van der Waals surface area contributed by atoms with Gasteiger partial charge in [0, 0.05) is 13.6 Å². The normalized spacial score (nSPS) is 12.3. The maximum absolute atomic E-state index is 11.5. The first kappa shape index (κ1) is 14.9. The van der Waals surface area contributed by atoms with Gasteiger partial charge in [-0.05, 0) is 19.3 Å². The summed E-state index contributed by atoms with van der Waals surface area (Å²) in [4.78, 5) is 22.5. The summed E-state index contributed by atoms with van der Waals surface area (Å²) in [5.41, 5.74) is 0. The number of amides is 2. The molecule has 5 nitrogen and oxygen atoms in total. The monoisotopic (exact) mass is 229 g/mol. The lowest BCUT2D eigenvalue weighted by atomic mass is 10.1. The summed E-state index contributed by atoms with van der Waals surface area (Å²) >= 11 is 0. The Morgan fingerprint density at radius 3 is 2.31 bits per heavy atom. The van der Waals surface area contributed by atoms with Crippen LogP contribution in [-0.4, -0.2) is 38.0 Å². The Balaban J connectivity index is 3.69. The van der Waals surface area contributed by atoms with Crippen LogP contribution in [-0.2, 0) is 9.59 Å². The van der Waals surface area contributed by atoms with Crippen LogP contribution in [0.25, 0.3) is 0 Å². The number of carbonyl (C=O) groups is 2. The molecule has 94 valence electrons. The Morgan fingerprint density at radius 1 is 1.19 bits per heavy atom. The highest BCUT2D eigenvalue weighted by Gasteiger charge is 2.12. The number of hydrogen-bond donors (Lipinski definition) is 3. The van der Waals surface area contributed by atoms with E-state index in [1.54, 1.807) is 14.0 Å². The van der Waals surface area contributed by atoms with Crippen molar-refractivity contribution in [3.63, 3.8) is 0 Å². The minimum absolute atomic E-state index is 0.0652. The van der Waals surface area contributed by atoms with Gasteiger partial charge < -0.3 is 10.6 Å². The van der Waals surface area contributed by atoms with Crippen LogP contribution in [0.4, 0.5) is 0 Å². The Kier molecular flexibility index (Phi) is 7.54. The molecule has 0 aromatic carbocycles. The molecule has 3 N–H and O–H groups in total. The van der Waals surface area contributed by atoms with Crippen molar-refractivity contribution in [2.24, 2.45) is 5.92 Å². The summed E-state index contributed by atoms with van der Waals surface area (Å²) in [5, 5.41) is 8.15. The molecule has 0 aliphatic heterocycles. The van der Waals surface area contributed by atoms with Gasteiger partial charge in [-0.15, -0.1) is 0 Å². The maximum atomic E-state index is 11.5. The average Bonchev–Trinajstić information content (AvgIpc) is 2.24. The standard InChI is InChI=1S/C11H23N3O2/c1-8(2)5-6-13-11(16)9(3)14-7-10(15)12-4/h8-9,14H,5-7H2,1-4H3,(H,12,15)(H,13,16). The molecule has 1 atom stereocenters. The average molecular weight is 229 g/mol. The molecule has 16 heavy (non-hydrogen) atoms. The van der Waals surface area contributed by atoms with E-state index in [2.05, 4.69) is 29.8 Å². The second kappa shape index (κ2) is 8.10. The van der Waals surface area contributed by atoms with Crippen LogP contribution in [0.15, 0.2) is 0 Å². The summed E-state index contributed by atoms with van der Waals surface area (Å²) in [7, 11) is 1.57. The van der Waals surface area contributed by atoms with E-state index in [4.69, 9.17) is 0 Å². The predicted octanol–water partition coefficient (Wildman–Crippen LogP) is -0.127. The highest BCUT2D eigenvalue weighted by atomic mass is 16.2. The van der Waals surface area contributed by atoms with Gasteiger partial charge in [-0.3, -0.25) is 14.9 Å². The molecule has 0 aliphatic carbocycles. The largest absolute Gasteiger partial charge is 0.358 e. The lowest BCUT2D eigenvalue weighted by Crippen LogP contribution is -2.45. The quantitative estimate of drug-likeness (QED) is 0.569. The van der Waals surface area contributed by atoms with Crippen molar-refractivity contribution in [1.29, 1.82) is 0 Å². The highest BCUT2D eigenvalue weighted by Crippen LogP contribution is 1.96. The molecule has 0 saturated carbocycles. The zero-order chi connectivity index (χ0) is 12.6. The summed E-state index contributed by atoms with van der Waals surface area (Å²) in [6, 6.07) is -0.343. The Hall–Kier alpha value is -1.10. The van der Waals surface area contributed by atoms with Gasteiger partial charge >= 0.3 is 0 Å². The second-order valence-corrected chi connectivity index (χ2v) is 4.25. The lowest BCUT2D eigenvalue weighted by Gasteiger charge is -2.14. The van der Waals surface area contributed by atoms with Gasteiger partial charge in [-0.25, -0.2) is 0 Å². The molecule has 0 rings (SSSR count). The first-order chi connectivity index (χ1) is 7.47. The van der Waals surface area contributed by atoms with Crippen LogP contribution in [0.2, 0.25) is 0 Å². The van der Waals surface area contributed by atoms with E-state index in [1.807, 2.05) is 0 Å². The van der Waals surface area contributed by atoms with Gasteiger partial charge in [0.15, 0.2) is 0 Å². The molecule has 0 heterocycles. The van der Waals surface area contributed by atoms with Gasteiger partial charge in [-0.1, -0.05) is 13.8 Å². The number of hydrogen-bond acceptors (Lipinski definition) is 3.